The summed E-state index contributed by atoms with van der Waals surface area (Å²) in [7, 11) is 1.61. The van der Waals surface area contributed by atoms with Gasteiger partial charge in [0.1, 0.15) is 12.4 Å². The van der Waals surface area contributed by atoms with Crippen LogP contribution in [0.3, 0.4) is 0 Å². The highest BCUT2D eigenvalue weighted by atomic mass is 35.5. The molecule has 24 heavy (non-hydrogen) atoms. The molecule has 2 aromatic carbocycles. The molecule has 5 heteroatoms. The first-order valence-corrected chi connectivity index (χ1v) is 8.38. The van der Waals surface area contributed by atoms with Gasteiger partial charge in [0.05, 0.1) is 12.1 Å². The van der Waals surface area contributed by atoms with Crippen LogP contribution in [0, 0.1) is 5.82 Å². The summed E-state index contributed by atoms with van der Waals surface area (Å²) in [6.07, 6.45) is 1.08. The van der Waals surface area contributed by atoms with Gasteiger partial charge in [0.2, 0.25) is 0 Å². The first-order valence-electron chi connectivity index (χ1n) is 8.00. The second-order valence-corrected chi connectivity index (χ2v) is 6.11. The van der Waals surface area contributed by atoms with Crippen molar-refractivity contribution in [3.05, 3.63) is 58.4 Å². The van der Waals surface area contributed by atoms with Gasteiger partial charge in [-0.2, -0.15) is 0 Å². The summed E-state index contributed by atoms with van der Waals surface area (Å²) in [5, 5.41) is 3.79. The lowest BCUT2D eigenvalue weighted by molar-refractivity contribution is 0.284. The minimum absolute atomic E-state index is 0.250. The Kier molecular flexibility index (Phi) is 6.88. The zero-order valence-electron chi connectivity index (χ0n) is 14.2. The van der Waals surface area contributed by atoms with Crippen LogP contribution in [-0.4, -0.2) is 13.2 Å². The number of hydrogen-bond donors (Lipinski definition) is 1. The van der Waals surface area contributed by atoms with E-state index in [1.165, 1.54) is 12.1 Å². The van der Waals surface area contributed by atoms with Crippen molar-refractivity contribution in [1.29, 1.82) is 0 Å². The van der Waals surface area contributed by atoms with E-state index in [1.807, 2.05) is 18.2 Å². The fourth-order valence-corrected chi connectivity index (χ4v) is 2.39. The molecule has 0 spiro atoms. The second kappa shape index (κ2) is 8.90. The molecule has 0 bridgehead atoms. The smallest absolute Gasteiger partial charge is 0.161 e. The molecule has 3 nitrogen and oxygen atoms in total. The fraction of sp³-hybridized carbons (Fsp3) is 0.368. The average Bonchev–Trinajstić information content (AvgIpc) is 2.59. The van der Waals surface area contributed by atoms with Gasteiger partial charge in [0.25, 0.3) is 0 Å². The van der Waals surface area contributed by atoms with Gasteiger partial charge in [-0.15, -0.1) is 0 Å². The molecule has 0 heterocycles. The SMILES string of the molecule is CC[C@@H](C)NCc1ccc(OCc2ccc(F)cc2Cl)c(OC)c1. The Morgan fingerprint density at radius 1 is 1.17 bits per heavy atom. The molecule has 2 aromatic rings. The first kappa shape index (κ1) is 18.6. The largest absolute Gasteiger partial charge is 0.493 e. The van der Waals surface area contributed by atoms with E-state index in [-0.39, 0.29) is 12.4 Å². The van der Waals surface area contributed by atoms with Crippen molar-refractivity contribution >= 4 is 11.6 Å². The normalized spacial score (nSPS) is 12.0. The van der Waals surface area contributed by atoms with Crippen molar-refractivity contribution in [2.75, 3.05) is 7.11 Å². The third-order valence-electron chi connectivity index (χ3n) is 3.89. The molecule has 0 aliphatic heterocycles. The van der Waals surface area contributed by atoms with Crippen molar-refractivity contribution in [1.82, 2.24) is 5.32 Å². The van der Waals surface area contributed by atoms with Crippen LogP contribution in [0.1, 0.15) is 31.4 Å². The van der Waals surface area contributed by atoms with Crippen molar-refractivity contribution in [2.24, 2.45) is 0 Å². The topological polar surface area (TPSA) is 30.5 Å². The van der Waals surface area contributed by atoms with Gasteiger partial charge in [-0.25, -0.2) is 4.39 Å². The fourth-order valence-electron chi connectivity index (χ4n) is 2.17. The minimum atomic E-state index is -0.362. The van der Waals surface area contributed by atoms with Gasteiger partial charge < -0.3 is 14.8 Å². The van der Waals surface area contributed by atoms with Crippen LogP contribution in [0.25, 0.3) is 0 Å². The number of hydrogen-bond acceptors (Lipinski definition) is 3. The van der Waals surface area contributed by atoms with Crippen LogP contribution >= 0.6 is 11.6 Å². The lowest BCUT2D eigenvalue weighted by Gasteiger charge is -2.15. The zero-order chi connectivity index (χ0) is 17.5. The maximum absolute atomic E-state index is 13.1. The molecule has 0 unspecified atom stereocenters. The summed E-state index contributed by atoms with van der Waals surface area (Å²) < 4.78 is 24.3. The van der Waals surface area contributed by atoms with E-state index in [0.717, 1.165) is 24.1 Å². The summed E-state index contributed by atoms with van der Waals surface area (Å²) in [6, 6.07) is 10.6. The third-order valence-corrected chi connectivity index (χ3v) is 4.25. The molecule has 0 aromatic heterocycles. The van der Waals surface area contributed by atoms with E-state index in [4.69, 9.17) is 21.1 Å². The number of halogens is 2. The Morgan fingerprint density at radius 2 is 1.96 bits per heavy atom. The highest BCUT2D eigenvalue weighted by Gasteiger charge is 2.09. The molecule has 130 valence electrons. The maximum atomic E-state index is 13.1. The first-order chi connectivity index (χ1) is 11.5. The lowest BCUT2D eigenvalue weighted by Crippen LogP contribution is -2.24. The van der Waals surface area contributed by atoms with Crippen molar-refractivity contribution in [3.63, 3.8) is 0 Å². The molecule has 0 amide bonds. The number of ether oxygens (including phenoxy) is 2. The van der Waals surface area contributed by atoms with Crippen LogP contribution in [-0.2, 0) is 13.2 Å². The molecule has 2 rings (SSSR count). The van der Waals surface area contributed by atoms with Crippen LogP contribution < -0.4 is 14.8 Å². The van der Waals surface area contributed by atoms with E-state index in [1.54, 1.807) is 13.2 Å². The van der Waals surface area contributed by atoms with E-state index < -0.39 is 0 Å². The molecule has 0 fully saturated rings. The Morgan fingerprint density at radius 3 is 2.62 bits per heavy atom. The van der Waals surface area contributed by atoms with Crippen LogP contribution in [0.15, 0.2) is 36.4 Å². The summed E-state index contributed by atoms with van der Waals surface area (Å²) >= 11 is 6.02. The maximum Gasteiger partial charge on any atom is 0.161 e. The van der Waals surface area contributed by atoms with Gasteiger partial charge in [0.15, 0.2) is 11.5 Å². The second-order valence-electron chi connectivity index (χ2n) is 5.70. The van der Waals surface area contributed by atoms with E-state index in [9.17, 15) is 4.39 Å². The molecule has 0 saturated carbocycles. The van der Waals surface area contributed by atoms with Crippen molar-refractivity contribution in [3.8, 4) is 11.5 Å². The third kappa shape index (κ3) is 5.11. The monoisotopic (exact) mass is 351 g/mol. The number of methoxy groups -OCH3 is 1. The highest BCUT2D eigenvalue weighted by molar-refractivity contribution is 6.31. The molecule has 0 saturated heterocycles. The Labute approximate surface area is 147 Å². The minimum Gasteiger partial charge on any atom is -0.493 e. The summed E-state index contributed by atoms with van der Waals surface area (Å²) in [5.41, 5.74) is 1.85. The average molecular weight is 352 g/mol. The van der Waals surface area contributed by atoms with E-state index in [2.05, 4.69) is 19.2 Å². The van der Waals surface area contributed by atoms with Crippen molar-refractivity contribution in [2.45, 2.75) is 39.5 Å². The molecule has 0 aliphatic carbocycles. The Balaban J connectivity index is 2.04. The molecule has 0 radical (unpaired) electrons. The van der Waals surface area contributed by atoms with Gasteiger partial charge >= 0.3 is 0 Å². The van der Waals surface area contributed by atoms with Crippen LogP contribution in [0.4, 0.5) is 4.39 Å². The summed E-state index contributed by atoms with van der Waals surface area (Å²) in [4.78, 5) is 0. The predicted molar refractivity (Wildman–Crippen MR) is 95.3 cm³/mol. The Bertz CT molecular complexity index is 678. The van der Waals surface area contributed by atoms with Gasteiger partial charge in [-0.1, -0.05) is 30.7 Å². The highest BCUT2D eigenvalue weighted by Crippen LogP contribution is 2.29. The number of nitrogens with one attached hydrogen (secondary N) is 1. The van der Waals surface area contributed by atoms with Gasteiger partial charge in [0, 0.05) is 18.2 Å². The molecule has 1 N–H and O–H groups in total. The lowest BCUT2D eigenvalue weighted by atomic mass is 10.1. The quantitative estimate of drug-likeness (QED) is 0.729. The summed E-state index contributed by atoms with van der Waals surface area (Å²) in [5.74, 6) is 0.932. The standard InChI is InChI=1S/C19H23ClFNO2/c1-4-13(2)22-11-14-5-8-18(19(9-14)23-3)24-12-15-6-7-16(21)10-17(15)20/h5-10,13,22H,4,11-12H2,1-3H3/t13-/m1/s1. The van der Waals surface area contributed by atoms with Crippen LogP contribution in [0.5, 0.6) is 11.5 Å². The van der Waals surface area contributed by atoms with Crippen LogP contribution in [0.2, 0.25) is 5.02 Å². The molecule has 0 aliphatic rings. The zero-order valence-corrected chi connectivity index (χ0v) is 15.0. The molecule has 1 atom stereocenters. The van der Waals surface area contributed by atoms with E-state index >= 15 is 0 Å². The van der Waals surface area contributed by atoms with Gasteiger partial charge in [-0.05, 0) is 43.2 Å². The molecular formula is C19H23ClFNO2. The Hall–Kier alpha value is -1.78. The predicted octanol–water partition coefficient (Wildman–Crippen LogP) is 4.95. The number of rotatable bonds is 8. The summed E-state index contributed by atoms with van der Waals surface area (Å²) in [6.45, 7) is 5.33. The number of benzene rings is 2. The van der Waals surface area contributed by atoms with E-state index in [0.29, 0.717) is 22.6 Å². The van der Waals surface area contributed by atoms with Crippen molar-refractivity contribution < 1.29 is 13.9 Å². The molecular weight excluding hydrogens is 329 g/mol. The van der Waals surface area contributed by atoms with Gasteiger partial charge in [-0.3, -0.25) is 0 Å².